The van der Waals surface area contributed by atoms with Crippen LogP contribution < -0.4 is 5.32 Å². The molecule has 3 rings (SSSR count). The molecule has 1 atom stereocenters. The number of amides is 1. The van der Waals surface area contributed by atoms with Gasteiger partial charge in [-0.25, -0.2) is 0 Å². The molecule has 1 N–H and O–H groups in total. The third-order valence-electron chi connectivity index (χ3n) is 3.68. The van der Waals surface area contributed by atoms with E-state index in [4.69, 9.17) is 8.83 Å². The molecule has 0 radical (unpaired) electrons. The summed E-state index contributed by atoms with van der Waals surface area (Å²) in [6.45, 7) is 3.89. The summed E-state index contributed by atoms with van der Waals surface area (Å²) in [5.41, 5.74) is 2.04. The zero-order valence-corrected chi connectivity index (χ0v) is 13.7. The largest absolute Gasteiger partial charge is 0.467 e. The molecule has 2 heterocycles. The molecule has 0 bridgehead atoms. The molecule has 6 nitrogen and oxygen atoms in total. The maximum absolute atomic E-state index is 12.0. The predicted molar refractivity (Wildman–Crippen MR) is 88.1 cm³/mol. The Morgan fingerprint density at radius 2 is 2.00 bits per heavy atom. The highest BCUT2D eigenvalue weighted by atomic mass is 16.4. The van der Waals surface area contributed by atoms with Gasteiger partial charge in [-0.3, -0.25) is 4.79 Å². The minimum atomic E-state index is -0.168. The number of nitrogens with one attached hydrogen (secondary N) is 1. The van der Waals surface area contributed by atoms with E-state index >= 15 is 0 Å². The van der Waals surface area contributed by atoms with Crippen LogP contribution in [-0.4, -0.2) is 16.1 Å². The van der Waals surface area contributed by atoms with Crippen molar-refractivity contribution in [3.8, 4) is 11.5 Å². The van der Waals surface area contributed by atoms with E-state index in [0.717, 1.165) is 11.3 Å². The van der Waals surface area contributed by atoms with Gasteiger partial charge in [0.15, 0.2) is 0 Å². The SMILES string of the molecule is Cc1ccc(-c2nnc(CCC(=O)N[C@@H](C)c3ccco3)o2)cc1. The third kappa shape index (κ3) is 3.90. The Balaban J connectivity index is 1.53. The molecule has 24 heavy (non-hydrogen) atoms. The van der Waals surface area contributed by atoms with Crippen molar-refractivity contribution < 1.29 is 13.6 Å². The summed E-state index contributed by atoms with van der Waals surface area (Å²) in [6, 6.07) is 11.3. The quantitative estimate of drug-likeness (QED) is 0.750. The number of hydrogen-bond acceptors (Lipinski definition) is 5. The van der Waals surface area contributed by atoms with Crippen molar-refractivity contribution in [3.63, 3.8) is 0 Å². The first-order valence-electron chi connectivity index (χ1n) is 7.84. The van der Waals surface area contributed by atoms with Crippen molar-refractivity contribution in [2.45, 2.75) is 32.7 Å². The van der Waals surface area contributed by atoms with Gasteiger partial charge in [0.05, 0.1) is 12.3 Å². The number of benzene rings is 1. The van der Waals surface area contributed by atoms with E-state index in [1.807, 2.05) is 44.2 Å². The average molecular weight is 325 g/mol. The van der Waals surface area contributed by atoms with Crippen LogP contribution in [0.5, 0.6) is 0 Å². The number of hydrogen-bond donors (Lipinski definition) is 1. The van der Waals surface area contributed by atoms with E-state index in [9.17, 15) is 4.79 Å². The van der Waals surface area contributed by atoms with Gasteiger partial charge in [0.1, 0.15) is 5.76 Å². The Bertz CT molecular complexity index is 791. The summed E-state index contributed by atoms with van der Waals surface area (Å²) in [5.74, 6) is 1.55. The molecule has 0 unspecified atom stereocenters. The first-order chi connectivity index (χ1) is 11.6. The van der Waals surface area contributed by atoms with Gasteiger partial charge in [-0.05, 0) is 38.1 Å². The lowest BCUT2D eigenvalue weighted by Gasteiger charge is -2.10. The zero-order chi connectivity index (χ0) is 16.9. The number of carbonyl (C=O) groups excluding carboxylic acids is 1. The summed E-state index contributed by atoms with van der Waals surface area (Å²) >= 11 is 0. The molecule has 0 aliphatic heterocycles. The van der Waals surface area contributed by atoms with Crippen LogP contribution in [-0.2, 0) is 11.2 Å². The smallest absolute Gasteiger partial charge is 0.247 e. The van der Waals surface area contributed by atoms with Crippen LogP contribution in [0.25, 0.3) is 11.5 Å². The fourth-order valence-electron chi connectivity index (χ4n) is 2.31. The zero-order valence-electron chi connectivity index (χ0n) is 13.7. The Morgan fingerprint density at radius 1 is 1.21 bits per heavy atom. The molecule has 1 aromatic carbocycles. The molecule has 0 aliphatic rings. The van der Waals surface area contributed by atoms with Crippen molar-refractivity contribution in [2.75, 3.05) is 0 Å². The fourth-order valence-corrected chi connectivity index (χ4v) is 2.31. The highest BCUT2D eigenvalue weighted by Crippen LogP contribution is 2.19. The van der Waals surface area contributed by atoms with E-state index in [-0.39, 0.29) is 18.4 Å². The molecule has 0 aliphatic carbocycles. The van der Waals surface area contributed by atoms with Crippen molar-refractivity contribution in [3.05, 3.63) is 59.9 Å². The molecule has 6 heteroatoms. The van der Waals surface area contributed by atoms with Crippen molar-refractivity contribution in [1.82, 2.24) is 15.5 Å². The van der Waals surface area contributed by atoms with Crippen LogP contribution in [0.1, 0.15) is 36.6 Å². The number of nitrogens with zero attached hydrogens (tertiary/aromatic N) is 2. The number of rotatable bonds is 6. The van der Waals surface area contributed by atoms with Gasteiger partial charge in [-0.15, -0.1) is 10.2 Å². The van der Waals surface area contributed by atoms with Crippen LogP contribution >= 0.6 is 0 Å². The standard InChI is InChI=1S/C18H19N3O3/c1-12-5-7-14(8-6-12)18-21-20-17(24-18)10-9-16(22)19-13(2)15-4-3-11-23-15/h3-8,11,13H,9-10H2,1-2H3,(H,19,22)/t13-/m0/s1. The summed E-state index contributed by atoms with van der Waals surface area (Å²) in [6.07, 6.45) is 2.26. The number of aryl methyl sites for hydroxylation is 2. The molecule has 124 valence electrons. The highest BCUT2D eigenvalue weighted by molar-refractivity contribution is 5.76. The molecule has 0 saturated carbocycles. The molecular weight excluding hydrogens is 306 g/mol. The third-order valence-corrected chi connectivity index (χ3v) is 3.68. The lowest BCUT2D eigenvalue weighted by Crippen LogP contribution is -2.26. The van der Waals surface area contributed by atoms with Gasteiger partial charge in [0.25, 0.3) is 0 Å². The second-order valence-corrected chi connectivity index (χ2v) is 5.67. The Hall–Kier alpha value is -2.89. The second kappa shape index (κ2) is 7.12. The first-order valence-corrected chi connectivity index (χ1v) is 7.84. The van der Waals surface area contributed by atoms with Gasteiger partial charge in [-0.2, -0.15) is 0 Å². The molecule has 1 amide bonds. The predicted octanol–water partition coefficient (Wildman–Crippen LogP) is 3.45. The van der Waals surface area contributed by atoms with E-state index in [2.05, 4.69) is 15.5 Å². The summed E-state index contributed by atoms with van der Waals surface area (Å²) in [4.78, 5) is 12.0. The van der Waals surface area contributed by atoms with Crippen LogP contribution in [0.2, 0.25) is 0 Å². The number of furan rings is 1. The van der Waals surface area contributed by atoms with Gasteiger partial charge >= 0.3 is 0 Å². The second-order valence-electron chi connectivity index (χ2n) is 5.67. The van der Waals surface area contributed by atoms with Gasteiger partial charge in [-0.1, -0.05) is 17.7 Å². The van der Waals surface area contributed by atoms with E-state index < -0.39 is 0 Å². The minimum Gasteiger partial charge on any atom is -0.467 e. The Labute approximate surface area is 139 Å². The molecule has 2 aromatic heterocycles. The summed E-state index contributed by atoms with van der Waals surface area (Å²) in [7, 11) is 0. The monoisotopic (exact) mass is 325 g/mol. The lowest BCUT2D eigenvalue weighted by molar-refractivity contribution is -0.121. The molecular formula is C18H19N3O3. The normalized spacial score (nSPS) is 12.1. The van der Waals surface area contributed by atoms with Crippen LogP contribution in [0.3, 0.4) is 0 Å². The van der Waals surface area contributed by atoms with E-state index in [1.165, 1.54) is 5.56 Å². The maximum Gasteiger partial charge on any atom is 0.247 e. The molecule has 0 saturated heterocycles. The van der Waals surface area contributed by atoms with Crippen LogP contribution in [0.15, 0.2) is 51.5 Å². The minimum absolute atomic E-state index is 0.0889. The number of aromatic nitrogens is 2. The lowest BCUT2D eigenvalue weighted by atomic mass is 10.1. The van der Waals surface area contributed by atoms with Gasteiger partial charge in [0.2, 0.25) is 17.7 Å². The summed E-state index contributed by atoms with van der Waals surface area (Å²) < 4.78 is 10.9. The number of carbonyl (C=O) groups is 1. The maximum atomic E-state index is 12.0. The Morgan fingerprint density at radius 3 is 2.71 bits per heavy atom. The molecule has 0 fully saturated rings. The highest BCUT2D eigenvalue weighted by Gasteiger charge is 2.14. The van der Waals surface area contributed by atoms with Crippen LogP contribution in [0, 0.1) is 6.92 Å². The van der Waals surface area contributed by atoms with Gasteiger partial charge in [0, 0.05) is 18.4 Å². The van der Waals surface area contributed by atoms with Crippen molar-refractivity contribution in [1.29, 1.82) is 0 Å². The fraction of sp³-hybridized carbons (Fsp3) is 0.278. The molecule has 3 aromatic rings. The van der Waals surface area contributed by atoms with Crippen molar-refractivity contribution in [2.24, 2.45) is 0 Å². The first kappa shape index (κ1) is 16.0. The topological polar surface area (TPSA) is 81.2 Å². The Kier molecular flexibility index (Phi) is 4.74. The van der Waals surface area contributed by atoms with Crippen molar-refractivity contribution >= 4 is 5.91 Å². The summed E-state index contributed by atoms with van der Waals surface area (Å²) in [5, 5.41) is 10.9. The average Bonchev–Trinajstić information content (AvgIpc) is 3.25. The van der Waals surface area contributed by atoms with E-state index in [1.54, 1.807) is 12.3 Å². The molecule has 0 spiro atoms. The van der Waals surface area contributed by atoms with Gasteiger partial charge < -0.3 is 14.2 Å². The van der Waals surface area contributed by atoms with E-state index in [0.29, 0.717) is 18.2 Å². The van der Waals surface area contributed by atoms with Crippen LogP contribution in [0.4, 0.5) is 0 Å².